The highest BCUT2D eigenvalue weighted by molar-refractivity contribution is 5.85. The van der Waals surface area contributed by atoms with Gasteiger partial charge in [0.15, 0.2) is 0 Å². The fourth-order valence-corrected chi connectivity index (χ4v) is 2.44. The van der Waals surface area contributed by atoms with Crippen LogP contribution in [-0.2, 0) is 9.59 Å². The second-order valence-electron chi connectivity index (χ2n) is 5.94. The van der Waals surface area contributed by atoms with Crippen LogP contribution in [0.3, 0.4) is 0 Å². The molecule has 2 N–H and O–H groups in total. The maximum atomic E-state index is 12.2. The molecule has 5 nitrogen and oxygen atoms in total. The molecule has 1 aliphatic rings. The molecule has 21 heavy (non-hydrogen) atoms. The minimum Gasteiger partial charge on any atom is -0.347 e. The number of carbonyl (C=O) groups is 2. The van der Waals surface area contributed by atoms with E-state index in [1.807, 2.05) is 4.90 Å². The van der Waals surface area contributed by atoms with Crippen molar-refractivity contribution in [3.63, 3.8) is 0 Å². The first-order valence-electron chi connectivity index (χ1n) is 7.81. The number of halogens is 1. The first-order chi connectivity index (χ1) is 9.54. The molecule has 0 saturated carbocycles. The molecule has 6 heteroatoms. The molecule has 0 bridgehead atoms. The fraction of sp³-hybridized carbons (Fsp3) is 0.867. The molecule has 0 aromatic carbocycles. The van der Waals surface area contributed by atoms with E-state index in [0.717, 1.165) is 38.9 Å². The van der Waals surface area contributed by atoms with Crippen LogP contribution in [0, 0.1) is 5.92 Å². The van der Waals surface area contributed by atoms with Crippen molar-refractivity contribution in [2.45, 2.75) is 52.5 Å². The summed E-state index contributed by atoms with van der Waals surface area (Å²) in [6.45, 7) is 9.00. The third-order valence-corrected chi connectivity index (χ3v) is 3.65. The second kappa shape index (κ2) is 10.9. The van der Waals surface area contributed by atoms with E-state index >= 15 is 0 Å². The van der Waals surface area contributed by atoms with E-state index in [4.69, 9.17) is 0 Å². The van der Waals surface area contributed by atoms with Crippen molar-refractivity contribution >= 4 is 24.2 Å². The molecule has 1 rings (SSSR count). The van der Waals surface area contributed by atoms with Gasteiger partial charge in [0.25, 0.3) is 0 Å². The van der Waals surface area contributed by atoms with E-state index < -0.39 is 0 Å². The van der Waals surface area contributed by atoms with E-state index in [2.05, 4.69) is 31.4 Å². The average molecular weight is 320 g/mol. The Morgan fingerprint density at radius 1 is 1.38 bits per heavy atom. The largest absolute Gasteiger partial charge is 0.347 e. The van der Waals surface area contributed by atoms with Gasteiger partial charge in [-0.05, 0) is 31.7 Å². The molecule has 1 saturated heterocycles. The SMILES string of the molecule is CCCN(C(=O)CNC(=O)CCC(C)C)C1CCNC1.Cl. The Morgan fingerprint density at radius 2 is 2.10 bits per heavy atom. The van der Waals surface area contributed by atoms with Gasteiger partial charge >= 0.3 is 0 Å². The zero-order valence-electron chi connectivity index (χ0n) is 13.5. The fourth-order valence-electron chi connectivity index (χ4n) is 2.44. The van der Waals surface area contributed by atoms with Gasteiger partial charge in [-0.3, -0.25) is 9.59 Å². The minimum atomic E-state index is -0.0203. The summed E-state index contributed by atoms with van der Waals surface area (Å²) in [6, 6.07) is 0.287. The number of nitrogens with one attached hydrogen (secondary N) is 2. The van der Waals surface area contributed by atoms with Crippen molar-refractivity contribution < 1.29 is 9.59 Å². The first-order valence-corrected chi connectivity index (χ1v) is 7.81. The Kier molecular flexibility index (Phi) is 10.4. The van der Waals surface area contributed by atoms with Crippen molar-refractivity contribution in [2.24, 2.45) is 5.92 Å². The highest BCUT2D eigenvalue weighted by Gasteiger charge is 2.25. The lowest BCUT2D eigenvalue weighted by molar-refractivity contribution is -0.134. The molecular formula is C15H30ClN3O2. The van der Waals surface area contributed by atoms with Crippen LogP contribution in [0.15, 0.2) is 0 Å². The van der Waals surface area contributed by atoms with E-state index in [9.17, 15) is 9.59 Å². The zero-order valence-corrected chi connectivity index (χ0v) is 14.3. The van der Waals surface area contributed by atoms with Gasteiger partial charge in [0, 0.05) is 25.6 Å². The van der Waals surface area contributed by atoms with Crippen LogP contribution in [-0.4, -0.2) is 48.9 Å². The lowest BCUT2D eigenvalue weighted by atomic mass is 10.1. The summed E-state index contributed by atoms with van der Waals surface area (Å²) in [5.74, 6) is 0.532. The number of nitrogens with zero attached hydrogens (tertiary/aromatic N) is 1. The normalized spacial score (nSPS) is 17.4. The van der Waals surface area contributed by atoms with Crippen LogP contribution in [0.2, 0.25) is 0 Å². The summed E-state index contributed by atoms with van der Waals surface area (Å²) in [5.41, 5.74) is 0. The van der Waals surface area contributed by atoms with Crippen LogP contribution in [0.25, 0.3) is 0 Å². The topological polar surface area (TPSA) is 61.4 Å². The van der Waals surface area contributed by atoms with Crippen LogP contribution < -0.4 is 10.6 Å². The maximum Gasteiger partial charge on any atom is 0.242 e. The molecule has 1 aliphatic heterocycles. The molecule has 2 amide bonds. The van der Waals surface area contributed by atoms with Crippen molar-refractivity contribution in [1.82, 2.24) is 15.5 Å². The molecule has 0 aromatic heterocycles. The third-order valence-electron chi connectivity index (χ3n) is 3.65. The number of rotatable bonds is 8. The van der Waals surface area contributed by atoms with Crippen molar-refractivity contribution in [3.8, 4) is 0 Å². The molecule has 1 fully saturated rings. The van der Waals surface area contributed by atoms with Gasteiger partial charge in [-0.25, -0.2) is 0 Å². The standard InChI is InChI=1S/C15H29N3O2.ClH/c1-4-9-18(13-7-8-16-10-13)15(20)11-17-14(19)6-5-12(2)3;/h12-13,16H,4-11H2,1-3H3,(H,17,19);1H. The molecule has 1 heterocycles. The predicted octanol–water partition coefficient (Wildman–Crippen LogP) is 1.56. The van der Waals surface area contributed by atoms with Crippen molar-refractivity contribution in [1.29, 1.82) is 0 Å². The smallest absolute Gasteiger partial charge is 0.242 e. The summed E-state index contributed by atoms with van der Waals surface area (Å²) in [7, 11) is 0. The van der Waals surface area contributed by atoms with Gasteiger partial charge in [0.1, 0.15) is 0 Å². The Morgan fingerprint density at radius 3 is 2.62 bits per heavy atom. The third kappa shape index (κ3) is 7.67. The Hall–Kier alpha value is -0.810. The van der Waals surface area contributed by atoms with E-state index in [-0.39, 0.29) is 36.8 Å². The van der Waals surface area contributed by atoms with Crippen molar-refractivity contribution in [2.75, 3.05) is 26.2 Å². The first kappa shape index (κ1) is 20.2. The highest BCUT2D eigenvalue weighted by Crippen LogP contribution is 2.09. The Bertz CT molecular complexity index is 318. The highest BCUT2D eigenvalue weighted by atomic mass is 35.5. The number of carbonyl (C=O) groups excluding carboxylic acids is 2. The second-order valence-corrected chi connectivity index (χ2v) is 5.94. The number of hydrogen-bond donors (Lipinski definition) is 2. The van der Waals surface area contributed by atoms with Gasteiger partial charge < -0.3 is 15.5 Å². The van der Waals surface area contributed by atoms with Gasteiger partial charge in [-0.2, -0.15) is 0 Å². The van der Waals surface area contributed by atoms with Crippen LogP contribution in [0.1, 0.15) is 46.5 Å². The molecule has 1 unspecified atom stereocenters. The Labute approximate surface area is 134 Å². The molecule has 0 aromatic rings. The monoisotopic (exact) mass is 319 g/mol. The van der Waals surface area contributed by atoms with E-state index in [1.165, 1.54) is 0 Å². The van der Waals surface area contributed by atoms with Crippen molar-refractivity contribution in [3.05, 3.63) is 0 Å². The quantitative estimate of drug-likeness (QED) is 0.714. The lowest BCUT2D eigenvalue weighted by Gasteiger charge is -2.28. The Balaban J connectivity index is 0.00000400. The molecule has 0 spiro atoms. The predicted molar refractivity (Wildman–Crippen MR) is 87.6 cm³/mol. The van der Waals surface area contributed by atoms with E-state index in [1.54, 1.807) is 0 Å². The van der Waals surface area contributed by atoms with Gasteiger partial charge in [0.2, 0.25) is 11.8 Å². The summed E-state index contributed by atoms with van der Waals surface area (Å²) in [6.07, 6.45) is 3.32. The summed E-state index contributed by atoms with van der Waals surface area (Å²) >= 11 is 0. The van der Waals surface area contributed by atoms with Crippen LogP contribution in [0.4, 0.5) is 0 Å². The summed E-state index contributed by atoms with van der Waals surface area (Å²) < 4.78 is 0. The maximum absolute atomic E-state index is 12.2. The van der Waals surface area contributed by atoms with Crippen LogP contribution in [0.5, 0.6) is 0 Å². The average Bonchev–Trinajstić information content (AvgIpc) is 2.93. The molecular weight excluding hydrogens is 290 g/mol. The molecule has 124 valence electrons. The van der Waals surface area contributed by atoms with Gasteiger partial charge in [0.05, 0.1) is 6.54 Å². The van der Waals surface area contributed by atoms with Gasteiger partial charge in [-0.1, -0.05) is 20.8 Å². The summed E-state index contributed by atoms with van der Waals surface area (Å²) in [5, 5.41) is 6.03. The lowest BCUT2D eigenvalue weighted by Crippen LogP contribution is -2.46. The molecule has 0 aliphatic carbocycles. The number of hydrogen-bond acceptors (Lipinski definition) is 3. The van der Waals surface area contributed by atoms with Crippen LogP contribution >= 0.6 is 12.4 Å². The summed E-state index contributed by atoms with van der Waals surface area (Å²) in [4.78, 5) is 25.8. The molecule has 0 radical (unpaired) electrons. The van der Waals surface area contributed by atoms with Gasteiger partial charge in [-0.15, -0.1) is 12.4 Å². The zero-order chi connectivity index (χ0) is 15.0. The van der Waals surface area contributed by atoms with E-state index in [0.29, 0.717) is 12.3 Å². The minimum absolute atomic E-state index is 0. The molecule has 1 atom stereocenters. The number of amides is 2.